The first-order valence-electron chi connectivity index (χ1n) is 8.69. The Balaban J connectivity index is 1.50. The molecule has 0 fully saturated rings. The molecule has 1 aromatic carbocycles. The van der Waals surface area contributed by atoms with E-state index in [1.165, 1.54) is 0 Å². The number of carbonyl (C=O) groups is 1. The molecule has 3 aromatic rings. The summed E-state index contributed by atoms with van der Waals surface area (Å²) in [6.45, 7) is 2.27. The third-order valence-corrected chi connectivity index (χ3v) is 4.80. The summed E-state index contributed by atoms with van der Waals surface area (Å²) in [5.74, 6) is 0.659. The maximum absolute atomic E-state index is 12.4. The van der Waals surface area contributed by atoms with Crippen LogP contribution in [-0.2, 0) is 13.5 Å². The van der Waals surface area contributed by atoms with Crippen molar-refractivity contribution < 1.29 is 9.53 Å². The summed E-state index contributed by atoms with van der Waals surface area (Å²) in [6, 6.07) is 9.44. The van der Waals surface area contributed by atoms with E-state index >= 15 is 0 Å². The van der Waals surface area contributed by atoms with Crippen LogP contribution in [0.2, 0.25) is 5.02 Å². The molecule has 0 saturated heterocycles. The van der Waals surface area contributed by atoms with Crippen molar-refractivity contribution in [3.05, 3.63) is 64.7 Å². The number of aryl methyl sites for hydroxylation is 2. The van der Waals surface area contributed by atoms with Crippen molar-refractivity contribution in [2.45, 2.75) is 19.4 Å². The molecule has 1 N–H and O–H groups in total. The Morgan fingerprint density at radius 1 is 1.33 bits per heavy atom. The average molecular weight is 383 g/mol. The molecule has 4 rings (SSSR count). The van der Waals surface area contributed by atoms with Crippen molar-refractivity contribution >= 4 is 17.5 Å². The molecule has 3 heterocycles. The molecule has 0 spiro atoms. The summed E-state index contributed by atoms with van der Waals surface area (Å²) in [5, 5.41) is 7.81. The van der Waals surface area contributed by atoms with Gasteiger partial charge in [0.1, 0.15) is 17.5 Å². The summed E-state index contributed by atoms with van der Waals surface area (Å²) < 4.78 is 7.73. The lowest BCUT2D eigenvalue weighted by atomic mass is 10.0. The van der Waals surface area contributed by atoms with Gasteiger partial charge in [-0.3, -0.25) is 14.5 Å². The molecule has 1 aliphatic rings. The smallest absolute Gasteiger partial charge is 0.269 e. The predicted molar refractivity (Wildman–Crippen MR) is 103 cm³/mol. The van der Waals surface area contributed by atoms with Crippen molar-refractivity contribution in [1.82, 2.24) is 20.1 Å². The predicted octanol–water partition coefficient (Wildman–Crippen LogP) is 3.18. The van der Waals surface area contributed by atoms with E-state index in [0.717, 1.165) is 28.1 Å². The molecule has 6 nitrogen and oxygen atoms in total. The number of nitrogens with one attached hydrogen (secondary N) is 1. The van der Waals surface area contributed by atoms with Gasteiger partial charge in [-0.25, -0.2) is 0 Å². The zero-order valence-corrected chi connectivity index (χ0v) is 15.8. The van der Waals surface area contributed by atoms with Crippen LogP contribution in [0.15, 0.2) is 42.7 Å². The Bertz CT molecular complexity index is 1000. The van der Waals surface area contributed by atoms with Gasteiger partial charge in [-0.15, -0.1) is 0 Å². The number of halogens is 1. The first-order valence-corrected chi connectivity index (χ1v) is 9.07. The molecule has 0 unspecified atom stereocenters. The monoisotopic (exact) mass is 382 g/mol. The van der Waals surface area contributed by atoms with Crippen LogP contribution in [-0.4, -0.2) is 33.3 Å². The molecule has 0 saturated carbocycles. The molecule has 0 aliphatic carbocycles. The lowest BCUT2D eigenvalue weighted by molar-refractivity contribution is 0.0924. The molecular weight excluding hydrogens is 364 g/mol. The standard InChI is InChI=1S/C20H19ClN4O2/c1-12-7-18(25(2)24-12)20(26)23-11-16-9-14-8-15(21)10-17(19(14)27-16)13-3-5-22-6-4-13/h3-8,10,16H,9,11H2,1-2H3,(H,23,26)/t16-/m0/s1. The second kappa shape index (κ2) is 7.04. The Hall–Kier alpha value is -2.86. The first-order chi connectivity index (χ1) is 13.0. The van der Waals surface area contributed by atoms with Crippen LogP contribution in [0, 0.1) is 6.92 Å². The van der Waals surface area contributed by atoms with Gasteiger partial charge in [0.2, 0.25) is 0 Å². The zero-order chi connectivity index (χ0) is 19.0. The maximum atomic E-state index is 12.4. The Labute approximate surface area is 162 Å². The Morgan fingerprint density at radius 2 is 2.11 bits per heavy atom. The highest BCUT2D eigenvalue weighted by molar-refractivity contribution is 6.31. The molecule has 2 aromatic heterocycles. The highest BCUT2D eigenvalue weighted by atomic mass is 35.5. The summed E-state index contributed by atoms with van der Waals surface area (Å²) in [5.41, 5.74) is 4.33. The minimum atomic E-state index is -0.162. The van der Waals surface area contributed by atoms with Gasteiger partial charge in [0, 0.05) is 42.0 Å². The van der Waals surface area contributed by atoms with Crippen LogP contribution >= 0.6 is 11.6 Å². The quantitative estimate of drug-likeness (QED) is 0.752. The number of ether oxygens (including phenoxy) is 1. The van der Waals surface area contributed by atoms with Gasteiger partial charge in [0.05, 0.1) is 12.2 Å². The summed E-state index contributed by atoms with van der Waals surface area (Å²) in [6.07, 6.45) is 4.03. The van der Waals surface area contributed by atoms with E-state index in [9.17, 15) is 4.79 Å². The molecule has 27 heavy (non-hydrogen) atoms. The SMILES string of the molecule is Cc1cc(C(=O)NC[C@@H]2Cc3cc(Cl)cc(-c4ccncc4)c3O2)n(C)n1. The molecule has 1 aliphatic heterocycles. The number of aromatic nitrogens is 3. The highest BCUT2D eigenvalue weighted by Gasteiger charge is 2.27. The molecule has 0 bridgehead atoms. The number of hydrogen-bond donors (Lipinski definition) is 1. The second-order valence-corrected chi connectivity index (χ2v) is 7.06. The van der Waals surface area contributed by atoms with Gasteiger partial charge in [-0.05, 0) is 42.8 Å². The zero-order valence-electron chi connectivity index (χ0n) is 15.1. The number of benzene rings is 1. The minimum absolute atomic E-state index is 0.141. The molecule has 1 atom stereocenters. The van der Waals surface area contributed by atoms with Crippen LogP contribution in [0.25, 0.3) is 11.1 Å². The van der Waals surface area contributed by atoms with Crippen molar-refractivity contribution in [1.29, 1.82) is 0 Å². The summed E-state index contributed by atoms with van der Waals surface area (Å²) >= 11 is 6.30. The van der Waals surface area contributed by atoms with E-state index in [1.807, 2.05) is 31.2 Å². The third-order valence-electron chi connectivity index (χ3n) is 4.58. The topological polar surface area (TPSA) is 69.0 Å². The van der Waals surface area contributed by atoms with Crippen molar-refractivity contribution in [2.75, 3.05) is 6.54 Å². The fourth-order valence-corrected chi connectivity index (χ4v) is 3.62. The van der Waals surface area contributed by atoms with E-state index in [2.05, 4.69) is 15.4 Å². The number of fused-ring (bicyclic) bond motifs is 1. The van der Waals surface area contributed by atoms with E-state index < -0.39 is 0 Å². The number of pyridine rings is 1. The van der Waals surface area contributed by atoms with Gasteiger partial charge < -0.3 is 10.1 Å². The fraction of sp³-hybridized carbons (Fsp3) is 0.250. The lowest BCUT2D eigenvalue weighted by Gasteiger charge is -2.14. The normalized spacial score (nSPS) is 15.3. The van der Waals surface area contributed by atoms with Crippen molar-refractivity contribution in [3.8, 4) is 16.9 Å². The van der Waals surface area contributed by atoms with Crippen LogP contribution in [0.3, 0.4) is 0 Å². The first kappa shape index (κ1) is 17.5. The fourth-order valence-electron chi connectivity index (χ4n) is 3.37. The molecule has 0 radical (unpaired) electrons. The van der Waals surface area contributed by atoms with Gasteiger partial charge in [-0.1, -0.05) is 11.6 Å². The van der Waals surface area contributed by atoms with Gasteiger partial charge in [-0.2, -0.15) is 5.10 Å². The van der Waals surface area contributed by atoms with Crippen LogP contribution in [0.5, 0.6) is 5.75 Å². The van der Waals surface area contributed by atoms with E-state index in [-0.39, 0.29) is 12.0 Å². The Kier molecular flexibility index (Phi) is 4.58. The van der Waals surface area contributed by atoms with Crippen molar-refractivity contribution in [3.63, 3.8) is 0 Å². The lowest BCUT2D eigenvalue weighted by Crippen LogP contribution is -2.35. The summed E-state index contributed by atoms with van der Waals surface area (Å²) in [4.78, 5) is 16.5. The maximum Gasteiger partial charge on any atom is 0.269 e. The van der Waals surface area contributed by atoms with Crippen LogP contribution < -0.4 is 10.1 Å². The summed E-state index contributed by atoms with van der Waals surface area (Å²) in [7, 11) is 1.76. The largest absolute Gasteiger partial charge is 0.487 e. The van der Waals surface area contributed by atoms with E-state index in [1.54, 1.807) is 30.2 Å². The van der Waals surface area contributed by atoms with Crippen molar-refractivity contribution in [2.24, 2.45) is 7.05 Å². The van der Waals surface area contributed by atoms with Crippen LogP contribution in [0.4, 0.5) is 0 Å². The number of carbonyl (C=O) groups excluding carboxylic acids is 1. The molecule has 7 heteroatoms. The van der Waals surface area contributed by atoms with Gasteiger partial charge in [0.25, 0.3) is 5.91 Å². The van der Waals surface area contributed by atoms with E-state index in [4.69, 9.17) is 16.3 Å². The third kappa shape index (κ3) is 3.53. The second-order valence-electron chi connectivity index (χ2n) is 6.63. The van der Waals surface area contributed by atoms with E-state index in [0.29, 0.717) is 23.7 Å². The number of rotatable bonds is 4. The molecule has 1 amide bonds. The Morgan fingerprint density at radius 3 is 2.81 bits per heavy atom. The number of hydrogen-bond acceptors (Lipinski definition) is 4. The number of nitrogens with zero attached hydrogens (tertiary/aromatic N) is 3. The van der Waals surface area contributed by atoms with Gasteiger partial charge >= 0.3 is 0 Å². The number of amides is 1. The van der Waals surface area contributed by atoms with Gasteiger partial charge in [0.15, 0.2) is 0 Å². The van der Waals surface area contributed by atoms with Crippen LogP contribution in [0.1, 0.15) is 21.7 Å². The molecular formula is C20H19ClN4O2. The highest BCUT2D eigenvalue weighted by Crippen LogP contribution is 2.40. The molecule has 138 valence electrons. The average Bonchev–Trinajstić information content (AvgIpc) is 3.21. The minimum Gasteiger partial charge on any atom is -0.487 e.